The van der Waals surface area contributed by atoms with Gasteiger partial charge in [-0.2, -0.15) is 0 Å². The summed E-state index contributed by atoms with van der Waals surface area (Å²) in [6.07, 6.45) is 0. The van der Waals surface area contributed by atoms with Gasteiger partial charge >= 0.3 is 0 Å². The zero-order chi connectivity index (χ0) is 45.9. The lowest BCUT2D eigenvalue weighted by atomic mass is 10.00. The van der Waals surface area contributed by atoms with Crippen LogP contribution >= 0.6 is 11.3 Å². The van der Waals surface area contributed by atoms with E-state index in [0.717, 1.165) is 83.2 Å². The van der Waals surface area contributed by atoms with E-state index in [4.69, 9.17) is 19.4 Å². The number of nitrogens with zero attached hydrogens (tertiary/aromatic N) is 5. The van der Waals surface area contributed by atoms with Gasteiger partial charge in [0, 0.05) is 86.1 Å². The summed E-state index contributed by atoms with van der Waals surface area (Å²) in [5, 5.41) is 9.33. The van der Waals surface area contributed by atoms with Crippen LogP contribution in [0.25, 0.3) is 142 Å². The van der Waals surface area contributed by atoms with Crippen molar-refractivity contribution in [2.45, 2.75) is 0 Å². The number of hydrogen-bond donors (Lipinski definition) is 0. The van der Waals surface area contributed by atoms with Crippen LogP contribution in [0.15, 0.2) is 229 Å². The first-order valence-corrected chi connectivity index (χ1v) is 24.3. The summed E-state index contributed by atoms with van der Waals surface area (Å²) in [5.74, 6) is 1.94. The highest BCUT2D eigenvalue weighted by molar-refractivity contribution is 7.25. The molecule has 70 heavy (non-hydrogen) atoms. The van der Waals surface area contributed by atoms with Gasteiger partial charge in [0.05, 0.1) is 22.1 Å². The fourth-order valence-electron chi connectivity index (χ4n) is 10.8. The van der Waals surface area contributed by atoms with E-state index in [9.17, 15) is 0 Å². The molecule has 0 radical (unpaired) electrons. The van der Waals surface area contributed by atoms with Gasteiger partial charge in [-0.25, -0.2) is 15.0 Å². The molecule has 5 heterocycles. The smallest absolute Gasteiger partial charge is 0.164 e. The van der Waals surface area contributed by atoms with Crippen molar-refractivity contribution in [1.29, 1.82) is 0 Å². The van der Waals surface area contributed by atoms with Gasteiger partial charge in [0.25, 0.3) is 0 Å². The summed E-state index contributed by atoms with van der Waals surface area (Å²) >= 11 is 1.81. The third-order valence-corrected chi connectivity index (χ3v) is 15.1. The van der Waals surface area contributed by atoms with E-state index in [2.05, 4.69) is 173 Å². The Kier molecular flexibility index (Phi) is 8.43. The normalized spacial score (nSPS) is 12.0. The second-order valence-corrected chi connectivity index (χ2v) is 19.0. The molecule has 0 saturated heterocycles. The Morgan fingerprint density at radius 2 is 0.843 bits per heavy atom. The van der Waals surface area contributed by atoms with Gasteiger partial charge in [0.15, 0.2) is 23.1 Å². The molecule has 0 N–H and O–H groups in total. The lowest BCUT2D eigenvalue weighted by Gasteiger charge is -2.10. The molecule has 0 aliphatic heterocycles. The summed E-state index contributed by atoms with van der Waals surface area (Å²) in [4.78, 5) is 15.1. The molecule has 0 unspecified atom stereocenters. The predicted octanol–water partition coefficient (Wildman–Crippen LogP) is 17.0. The maximum atomic E-state index is 7.14. The molecule has 0 aliphatic rings. The maximum absolute atomic E-state index is 7.14. The standard InChI is InChI=1S/C63H37N5OS/c1-4-15-38(16-5-1)61-64-62(39-17-6-2-7-18-39)66-63(65-61)41-28-33-56-51(36-41)52-37-43(29-34-57(52)70-56)67-53-25-12-11-22-46(53)50-35-40(27-32-55(50)67)44-23-14-24-48-49-31-30-47-45-21-10-13-26-54(45)68(42-19-8-3-9-20-42)58(47)60(49)69-59(44)48/h1-37H. The molecule has 0 bridgehead atoms. The Bertz CT molecular complexity index is 4530. The number of benzene rings is 10. The first-order valence-electron chi connectivity index (χ1n) is 23.5. The third kappa shape index (κ3) is 5.89. The number of fused-ring (bicyclic) bond motifs is 13. The molecule has 0 fully saturated rings. The van der Waals surface area contributed by atoms with Gasteiger partial charge < -0.3 is 13.6 Å². The fourth-order valence-corrected chi connectivity index (χ4v) is 11.8. The number of thiophene rings is 1. The highest BCUT2D eigenvalue weighted by Gasteiger charge is 2.22. The first-order chi connectivity index (χ1) is 34.7. The number of hydrogen-bond acceptors (Lipinski definition) is 5. The Hall–Kier alpha value is -9.17. The van der Waals surface area contributed by atoms with Crippen LogP contribution in [-0.4, -0.2) is 24.1 Å². The molecule has 0 saturated carbocycles. The minimum absolute atomic E-state index is 0.644. The molecule has 10 aromatic carbocycles. The van der Waals surface area contributed by atoms with Gasteiger partial charge in [-0.05, 0) is 84.4 Å². The van der Waals surface area contributed by atoms with Crippen molar-refractivity contribution in [3.63, 3.8) is 0 Å². The van der Waals surface area contributed by atoms with Crippen LogP contribution < -0.4 is 0 Å². The van der Waals surface area contributed by atoms with Crippen molar-refractivity contribution < 1.29 is 4.42 Å². The Morgan fingerprint density at radius 1 is 0.314 bits per heavy atom. The average Bonchev–Trinajstić information content (AvgIpc) is 4.19. The predicted molar refractivity (Wildman–Crippen MR) is 290 cm³/mol. The zero-order valence-electron chi connectivity index (χ0n) is 37.4. The monoisotopic (exact) mass is 911 g/mol. The Labute approximate surface area is 404 Å². The number of rotatable bonds is 6. The lowest BCUT2D eigenvalue weighted by molar-refractivity contribution is 0.672. The molecular formula is C63H37N5OS. The minimum atomic E-state index is 0.644. The SMILES string of the molecule is c1ccc(-c2nc(-c3ccccc3)nc(-c3ccc4sc5ccc(-n6c7ccccc7c7cc(-c8cccc9c8oc8c9ccc9c%10ccccc%10n(-c%10ccccc%10)c98)ccc76)cc5c4c3)n2)cc1. The molecule has 0 aliphatic carbocycles. The highest BCUT2D eigenvalue weighted by atomic mass is 32.1. The summed E-state index contributed by atoms with van der Waals surface area (Å²) in [6.45, 7) is 0. The van der Waals surface area contributed by atoms with Crippen LogP contribution in [-0.2, 0) is 0 Å². The van der Waals surface area contributed by atoms with Gasteiger partial charge in [0.1, 0.15) is 5.58 Å². The molecule has 15 rings (SSSR count). The van der Waals surface area contributed by atoms with Gasteiger partial charge in [0.2, 0.25) is 0 Å². The average molecular weight is 912 g/mol. The second-order valence-electron chi connectivity index (χ2n) is 17.9. The van der Waals surface area contributed by atoms with E-state index in [1.165, 1.54) is 41.7 Å². The van der Waals surface area contributed by atoms with Crippen molar-refractivity contribution in [2.75, 3.05) is 0 Å². The van der Waals surface area contributed by atoms with Crippen molar-refractivity contribution in [3.05, 3.63) is 224 Å². The molecule has 6 nitrogen and oxygen atoms in total. The Morgan fingerprint density at radius 3 is 1.57 bits per heavy atom. The fraction of sp³-hybridized carbons (Fsp3) is 0. The molecule has 0 atom stereocenters. The third-order valence-electron chi connectivity index (χ3n) is 14.0. The van der Waals surface area contributed by atoms with Crippen molar-refractivity contribution >= 4 is 97.1 Å². The van der Waals surface area contributed by atoms with Gasteiger partial charge in [-0.3, -0.25) is 0 Å². The minimum Gasteiger partial charge on any atom is -0.453 e. The summed E-state index contributed by atoms with van der Waals surface area (Å²) in [6, 6.07) is 79.7. The molecule has 7 heteroatoms. The Balaban J connectivity index is 0.877. The lowest BCUT2D eigenvalue weighted by Crippen LogP contribution is -2.00. The quantitative estimate of drug-likeness (QED) is 0.167. The molecule has 0 amide bonds. The van der Waals surface area contributed by atoms with Crippen LogP contribution in [0.4, 0.5) is 0 Å². The number of aromatic nitrogens is 5. The van der Waals surface area contributed by atoms with Crippen LogP contribution in [0.1, 0.15) is 0 Å². The maximum Gasteiger partial charge on any atom is 0.164 e. The largest absolute Gasteiger partial charge is 0.453 e. The summed E-state index contributed by atoms with van der Waals surface area (Å²) in [5.41, 5.74) is 13.5. The first kappa shape index (κ1) is 38.9. The van der Waals surface area contributed by atoms with Crippen LogP contribution in [0.2, 0.25) is 0 Å². The molecule has 0 spiro atoms. The molecular weight excluding hydrogens is 875 g/mol. The zero-order valence-corrected chi connectivity index (χ0v) is 38.2. The topological polar surface area (TPSA) is 61.7 Å². The summed E-state index contributed by atoms with van der Waals surface area (Å²) < 4.78 is 14.3. The van der Waals surface area contributed by atoms with E-state index in [1.807, 2.05) is 72.0 Å². The summed E-state index contributed by atoms with van der Waals surface area (Å²) in [7, 11) is 0. The van der Waals surface area contributed by atoms with E-state index in [0.29, 0.717) is 17.5 Å². The molecule has 15 aromatic rings. The van der Waals surface area contributed by atoms with E-state index < -0.39 is 0 Å². The van der Waals surface area contributed by atoms with Crippen LogP contribution in [0.5, 0.6) is 0 Å². The second kappa shape index (κ2) is 15.2. The number of furan rings is 1. The van der Waals surface area contributed by atoms with Crippen molar-refractivity contribution in [1.82, 2.24) is 24.1 Å². The molecule has 5 aromatic heterocycles. The number of para-hydroxylation sites is 4. The van der Waals surface area contributed by atoms with E-state index in [1.54, 1.807) is 0 Å². The van der Waals surface area contributed by atoms with Crippen LogP contribution in [0.3, 0.4) is 0 Å². The van der Waals surface area contributed by atoms with E-state index >= 15 is 0 Å². The van der Waals surface area contributed by atoms with Crippen molar-refractivity contribution in [2.24, 2.45) is 0 Å². The van der Waals surface area contributed by atoms with E-state index in [-0.39, 0.29) is 0 Å². The highest BCUT2D eigenvalue weighted by Crippen LogP contribution is 2.45. The van der Waals surface area contributed by atoms with Crippen molar-refractivity contribution in [3.8, 4) is 56.7 Å². The van der Waals surface area contributed by atoms with Gasteiger partial charge in [-0.1, -0.05) is 146 Å². The molecule has 326 valence electrons. The van der Waals surface area contributed by atoms with Gasteiger partial charge in [-0.15, -0.1) is 11.3 Å². The van der Waals surface area contributed by atoms with Crippen LogP contribution in [0, 0.1) is 0 Å².